The van der Waals surface area contributed by atoms with Crippen molar-refractivity contribution in [1.82, 2.24) is 0 Å². The molecule has 1 atom stereocenters. The smallest absolute Gasteiger partial charge is 0.432 e. The summed E-state index contributed by atoms with van der Waals surface area (Å²) in [6.45, 7) is -0.155. The van der Waals surface area contributed by atoms with Gasteiger partial charge in [0.2, 0.25) is 0 Å². The van der Waals surface area contributed by atoms with Gasteiger partial charge >= 0.3 is 51.5 Å². The van der Waals surface area contributed by atoms with Gasteiger partial charge in [0.1, 0.15) is 0 Å². The van der Waals surface area contributed by atoms with Crippen LogP contribution in [0.1, 0.15) is 6.92 Å². The summed E-state index contributed by atoms with van der Waals surface area (Å²) in [4.78, 5) is 10.5. The summed E-state index contributed by atoms with van der Waals surface area (Å²) in [6, 6.07) is 0. The number of halogens is 17. The number of carbonyl (C=O) groups is 1. The molecule has 0 fully saturated rings. The molecule has 0 rings (SSSR count). The van der Waals surface area contributed by atoms with E-state index in [9.17, 15) is 75.0 Å². The number of ether oxygens (including phenoxy) is 1. The van der Waals surface area contributed by atoms with Crippen LogP contribution in [0, 0.1) is 0 Å². The van der Waals surface area contributed by atoms with E-state index in [1.807, 2.05) is 0 Å². The highest BCUT2D eigenvalue weighted by Gasteiger charge is 2.95. The van der Waals surface area contributed by atoms with Gasteiger partial charge < -0.3 is 4.74 Å². The molecule has 0 aromatic heterocycles. The third-order valence-electron chi connectivity index (χ3n) is 2.99. The molecule has 1 unspecified atom stereocenters. The maximum absolute atomic E-state index is 13.7. The van der Waals surface area contributed by atoms with Crippen molar-refractivity contribution in [2.75, 3.05) is 0 Å². The van der Waals surface area contributed by atoms with Crippen LogP contribution in [0.4, 0.5) is 70.2 Å². The summed E-state index contributed by atoms with van der Waals surface area (Å²) in [5, 5.41) is 0. The molecule has 0 aliphatic carbocycles. The van der Waals surface area contributed by atoms with E-state index in [-0.39, 0.29) is 6.92 Å². The molecule has 0 aliphatic rings. The normalized spacial score (nSPS) is 17.7. The van der Waals surface area contributed by atoms with Crippen LogP contribution < -0.4 is 0 Å². The van der Waals surface area contributed by atoms with Crippen molar-refractivity contribution in [3.05, 3.63) is 0 Å². The average Bonchev–Trinajstić information content (AvgIpc) is 2.42. The minimum absolute atomic E-state index is 0.155. The maximum Gasteiger partial charge on any atom is 0.460 e. The van der Waals surface area contributed by atoms with Gasteiger partial charge in [-0.25, -0.2) is 0 Å². The van der Waals surface area contributed by atoms with E-state index in [4.69, 9.17) is 0 Å². The lowest BCUT2D eigenvalue weighted by Gasteiger charge is -2.44. The summed E-state index contributed by atoms with van der Waals surface area (Å²) in [5.74, 6) is -43.4. The van der Waals surface area contributed by atoms with Crippen LogP contribution in [0.2, 0.25) is 0 Å². The van der Waals surface area contributed by atoms with Crippen molar-refractivity contribution in [1.29, 1.82) is 0 Å². The number of alkyl halides is 17. The van der Waals surface area contributed by atoms with E-state index in [1.165, 1.54) is 0 Å². The van der Waals surface area contributed by atoms with Gasteiger partial charge in [-0.2, -0.15) is 70.2 Å². The third-order valence-corrected chi connectivity index (χ3v) is 4.50. The first-order chi connectivity index (χ1) is 12.2. The summed E-state index contributed by atoms with van der Waals surface area (Å²) in [6.07, 6.45) is -14.7. The second-order valence-corrected chi connectivity index (χ2v) is 6.58. The van der Waals surface area contributed by atoms with Crippen LogP contribution in [-0.2, 0) is 9.53 Å². The first-order valence-corrected chi connectivity index (χ1v) is 7.15. The highest BCUT2D eigenvalue weighted by Crippen LogP contribution is 2.64. The Labute approximate surface area is 161 Å². The fraction of sp³-hybridized carbons (Fsp3) is 0.900. The van der Waals surface area contributed by atoms with E-state index < -0.39 is 74.1 Å². The van der Waals surface area contributed by atoms with Gasteiger partial charge in [0.25, 0.3) is 0 Å². The molecule has 29 heavy (non-hydrogen) atoms. The molecule has 0 spiro atoms. The Morgan fingerprint density at radius 1 is 0.552 bits per heavy atom. The summed E-state index contributed by atoms with van der Waals surface area (Å²) >= 11 is -0.916. The zero-order chi connectivity index (χ0) is 24.3. The minimum Gasteiger partial charge on any atom is -0.432 e. The van der Waals surface area contributed by atoms with Crippen LogP contribution in [0.25, 0.3) is 0 Å². The van der Waals surface area contributed by atoms with E-state index >= 15 is 0 Å². The third kappa shape index (κ3) is 3.79. The number of rotatable bonds is 6. The quantitative estimate of drug-likeness (QED) is 0.166. The van der Waals surface area contributed by atoms with Crippen molar-refractivity contribution in [2.24, 2.45) is 0 Å². The molecule has 0 amide bonds. The fourth-order valence-electron chi connectivity index (χ4n) is 1.47. The Morgan fingerprint density at radius 3 is 1.07 bits per heavy atom. The lowest BCUT2D eigenvalue weighted by molar-refractivity contribution is -0.451. The highest BCUT2D eigenvalue weighted by molar-refractivity contribution is 14.1. The van der Waals surface area contributed by atoms with E-state index in [0.29, 0.717) is 0 Å². The topological polar surface area (TPSA) is 26.3 Å². The highest BCUT2D eigenvalue weighted by atomic mass is 127. The molecular weight excluding hydrogens is 583 g/mol. The van der Waals surface area contributed by atoms with Crippen LogP contribution in [-0.4, -0.2) is 51.5 Å². The Morgan fingerprint density at radius 2 is 0.828 bits per heavy atom. The van der Waals surface area contributed by atoms with Gasteiger partial charge in [0, 0.05) is 6.92 Å². The van der Waals surface area contributed by atoms with E-state index in [2.05, 4.69) is 4.74 Å². The Bertz CT molecular complexity index is 635. The van der Waals surface area contributed by atoms with E-state index in [1.54, 1.807) is 0 Å². The van der Waals surface area contributed by atoms with Crippen molar-refractivity contribution < 1.29 is 79.8 Å². The number of carbonyl (C=O) groups excluding carboxylic acids is 1. The Kier molecular flexibility index (Phi) is 6.84. The van der Waals surface area contributed by atoms with Crippen molar-refractivity contribution in [3.8, 4) is 0 Å². The number of hydrogen-bond acceptors (Lipinski definition) is 2. The van der Waals surface area contributed by atoms with Gasteiger partial charge in [-0.3, -0.25) is 4.79 Å². The van der Waals surface area contributed by atoms with Crippen LogP contribution >= 0.6 is 22.6 Å². The van der Waals surface area contributed by atoms with Crippen LogP contribution in [0.15, 0.2) is 0 Å². The zero-order valence-corrected chi connectivity index (χ0v) is 14.9. The predicted molar refractivity (Wildman–Crippen MR) is 65.4 cm³/mol. The SMILES string of the molecule is CC(=O)OC(I)(C(F)(F)F)C(F)(F)C(F)(F)C(F)(F)C(F)(F)C(F)(F)C(F)(F)F. The standard InChI is InChI=1S/C10H3F16IO2/c1-2(28)29-8(27,10(24,25)26)6(17,18)4(13,14)3(11,12)5(15,16)7(19,20)9(21,22)23/h1H3. The molecule has 0 radical (unpaired) electrons. The monoisotopic (exact) mass is 586 g/mol. The van der Waals surface area contributed by atoms with Gasteiger partial charge in [0.15, 0.2) is 0 Å². The average molecular weight is 586 g/mol. The van der Waals surface area contributed by atoms with Crippen LogP contribution in [0.5, 0.6) is 0 Å². The molecule has 0 aromatic rings. The molecule has 0 aromatic carbocycles. The molecule has 0 heterocycles. The molecule has 0 aliphatic heterocycles. The largest absolute Gasteiger partial charge is 0.460 e. The van der Waals surface area contributed by atoms with E-state index in [0.717, 1.165) is 0 Å². The molecule has 0 saturated carbocycles. The summed E-state index contributed by atoms with van der Waals surface area (Å²) in [7, 11) is 0. The molecular formula is C10H3F16IO2. The lowest BCUT2D eigenvalue weighted by Crippen LogP contribution is -2.75. The first kappa shape index (κ1) is 28.1. The van der Waals surface area contributed by atoms with Gasteiger partial charge in [-0.05, 0) is 22.6 Å². The molecule has 0 saturated heterocycles. The molecule has 19 heteroatoms. The Hall–Kier alpha value is -0.920. The number of hydrogen-bond donors (Lipinski definition) is 0. The molecule has 0 bridgehead atoms. The minimum atomic E-state index is -8.45. The predicted octanol–water partition coefficient (Wildman–Crippen LogP) is 5.98. The van der Waals surface area contributed by atoms with Crippen LogP contribution in [0.3, 0.4) is 0 Å². The lowest BCUT2D eigenvalue weighted by atomic mass is 9.91. The second-order valence-electron chi connectivity index (χ2n) is 5.06. The van der Waals surface area contributed by atoms with Gasteiger partial charge in [-0.15, -0.1) is 0 Å². The van der Waals surface area contributed by atoms with Gasteiger partial charge in [0.05, 0.1) is 0 Å². The Balaban J connectivity index is 6.89. The van der Waals surface area contributed by atoms with Crippen molar-refractivity contribution in [2.45, 2.75) is 52.5 Å². The molecule has 174 valence electrons. The van der Waals surface area contributed by atoms with Gasteiger partial charge in [-0.1, -0.05) is 0 Å². The van der Waals surface area contributed by atoms with Crippen molar-refractivity contribution >= 4 is 28.6 Å². The van der Waals surface area contributed by atoms with Crippen molar-refractivity contribution in [3.63, 3.8) is 0 Å². The maximum atomic E-state index is 13.7. The first-order valence-electron chi connectivity index (χ1n) is 6.08. The fourth-order valence-corrected chi connectivity index (χ4v) is 2.12. The summed E-state index contributed by atoms with van der Waals surface area (Å²) < 4.78 is 203. The summed E-state index contributed by atoms with van der Waals surface area (Å²) in [5.41, 5.74) is 0. The second kappa shape index (κ2) is 7.06. The zero-order valence-electron chi connectivity index (χ0n) is 12.7. The molecule has 0 N–H and O–H groups in total. The molecule has 2 nitrogen and oxygen atoms in total. The number of esters is 1.